The van der Waals surface area contributed by atoms with Crippen LogP contribution < -0.4 is 21.3 Å². The van der Waals surface area contributed by atoms with E-state index in [2.05, 4.69) is 15.6 Å². The number of hydrogen-bond donors (Lipinski definition) is 4. The number of nitrogens with zero attached hydrogens (tertiary/aromatic N) is 3. The van der Waals surface area contributed by atoms with Gasteiger partial charge in [0.05, 0.1) is 11.0 Å². The second-order valence-corrected chi connectivity index (χ2v) is 7.78. The van der Waals surface area contributed by atoms with Crippen LogP contribution in [0.1, 0.15) is 26.7 Å². The van der Waals surface area contributed by atoms with Gasteiger partial charge >= 0.3 is 12.0 Å². The van der Waals surface area contributed by atoms with Gasteiger partial charge < -0.3 is 26.0 Å². The van der Waals surface area contributed by atoms with Gasteiger partial charge in [-0.2, -0.15) is 0 Å². The Hall–Kier alpha value is -3.63. The third-order valence-electron chi connectivity index (χ3n) is 5.19. The van der Waals surface area contributed by atoms with Gasteiger partial charge in [-0.15, -0.1) is 0 Å². The first-order chi connectivity index (χ1) is 14.7. The van der Waals surface area contributed by atoms with Crippen molar-refractivity contribution in [2.45, 2.75) is 45.3 Å². The summed E-state index contributed by atoms with van der Waals surface area (Å²) < 4.78 is 1.93. The summed E-state index contributed by atoms with van der Waals surface area (Å²) in [6.07, 6.45) is -0.314. The molecule has 2 unspecified atom stereocenters. The van der Waals surface area contributed by atoms with Crippen LogP contribution in [0.25, 0.3) is 11.0 Å². The van der Waals surface area contributed by atoms with Gasteiger partial charge in [0.25, 0.3) is 0 Å². The molecule has 2 aromatic rings. The highest BCUT2D eigenvalue weighted by atomic mass is 16.4. The normalized spacial score (nSPS) is 14.9. The Labute approximate surface area is 178 Å². The minimum Gasteiger partial charge on any atom is -0.480 e. The second kappa shape index (κ2) is 9.02. The first-order valence-electron chi connectivity index (χ1n) is 10.0. The molecule has 166 valence electrons. The van der Waals surface area contributed by atoms with Crippen LogP contribution in [-0.2, 0) is 20.9 Å². The van der Waals surface area contributed by atoms with Crippen LogP contribution in [0.5, 0.6) is 0 Å². The van der Waals surface area contributed by atoms with Crippen LogP contribution in [0, 0.1) is 5.92 Å². The molecule has 4 amide bonds. The number of nitrogens with one attached hydrogen (secondary N) is 2. The Morgan fingerprint density at radius 2 is 1.87 bits per heavy atom. The molecule has 2 atom stereocenters. The van der Waals surface area contributed by atoms with E-state index in [-0.39, 0.29) is 18.8 Å². The maximum atomic E-state index is 12.9. The van der Waals surface area contributed by atoms with Crippen LogP contribution in [-0.4, -0.2) is 57.1 Å². The Balaban J connectivity index is 1.72. The molecule has 0 fully saturated rings. The van der Waals surface area contributed by atoms with Crippen molar-refractivity contribution in [3.63, 3.8) is 0 Å². The number of imidazole rings is 1. The van der Waals surface area contributed by atoms with Crippen LogP contribution in [0.4, 0.5) is 10.7 Å². The zero-order valence-electron chi connectivity index (χ0n) is 17.4. The van der Waals surface area contributed by atoms with Crippen molar-refractivity contribution in [1.29, 1.82) is 0 Å². The molecule has 0 radical (unpaired) electrons. The van der Waals surface area contributed by atoms with E-state index in [1.165, 1.54) is 4.90 Å². The number of amides is 4. The fourth-order valence-electron chi connectivity index (χ4n) is 3.53. The summed E-state index contributed by atoms with van der Waals surface area (Å²) in [6.45, 7) is 4.46. The third-order valence-corrected chi connectivity index (χ3v) is 5.19. The number of anilines is 1. The number of carboxylic acids is 1. The van der Waals surface area contributed by atoms with Crippen molar-refractivity contribution < 1.29 is 24.3 Å². The molecule has 3 rings (SSSR count). The Morgan fingerprint density at radius 1 is 1.16 bits per heavy atom. The molecule has 5 N–H and O–H groups in total. The number of primary amides is 1. The number of rotatable bonds is 8. The average molecular weight is 430 g/mol. The van der Waals surface area contributed by atoms with Gasteiger partial charge in [-0.1, -0.05) is 26.0 Å². The molecular formula is C20H26N6O5. The molecule has 0 saturated heterocycles. The van der Waals surface area contributed by atoms with Gasteiger partial charge in [-0.25, -0.2) is 14.6 Å². The molecule has 1 aromatic carbocycles. The van der Waals surface area contributed by atoms with Crippen LogP contribution >= 0.6 is 0 Å². The Kier molecular flexibility index (Phi) is 6.42. The first kappa shape index (κ1) is 22.1. The molecule has 0 spiro atoms. The lowest BCUT2D eigenvalue weighted by molar-refractivity contribution is -0.142. The van der Waals surface area contributed by atoms with Crippen molar-refractivity contribution in [1.82, 2.24) is 20.2 Å². The average Bonchev–Trinajstić information content (AvgIpc) is 3.27. The standard InChI is InChI=1S/C20H26N6O5/c1-11(2)16(17(28)22-13(18(29)30)7-8-15(21)27)24-20(31)26-10-9-25-14-6-4-3-5-12(14)23-19(25)26/h3-6,11,13,16H,7-10H2,1-2H3,(H2,21,27)(H,22,28)(H,24,31)(H,29,30). The first-order valence-corrected chi connectivity index (χ1v) is 10.0. The highest BCUT2D eigenvalue weighted by Gasteiger charge is 2.33. The van der Waals surface area contributed by atoms with E-state index in [1.807, 2.05) is 28.8 Å². The van der Waals surface area contributed by atoms with E-state index < -0.39 is 35.9 Å². The summed E-state index contributed by atoms with van der Waals surface area (Å²) in [6, 6.07) is 4.80. The lowest BCUT2D eigenvalue weighted by atomic mass is 10.0. The molecule has 11 heteroatoms. The minimum absolute atomic E-state index is 0.134. The maximum absolute atomic E-state index is 12.9. The monoisotopic (exact) mass is 430 g/mol. The van der Waals surface area contributed by atoms with Crippen molar-refractivity contribution >= 4 is 40.8 Å². The van der Waals surface area contributed by atoms with E-state index in [0.29, 0.717) is 19.0 Å². The van der Waals surface area contributed by atoms with Crippen molar-refractivity contribution in [3.8, 4) is 0 Å². The summed E-state index contributed by atoms with van der Waals surface area (Å²) in [7, 11) is 0. The number of aliphatic carboxylic acids is 1. The molecule has 1 aromatic heterocycles. The number of nitrogens with two attached hydrogens (primary N) is 1. The van der Waals surface area contributed by atoms with Crippen molar-refractivity contribution in [3.05, 3.63) is 24.3 Å². The molecule has 0 aliphatic carbocycles. The van der Waals surface area contributed by atoms with E-state index in [9.17, 15) is 24.3 Å². The lowest BCUT2D eigenvalue weighted by Gasteiger charge is -2.26. The predicted molar refractivity (Wildman–Crippen MR) is 112 cm³/mol. The summed E-state index contributed by atoms with van der Waals surface area (Å²) in [5, 5.41) is 14.4. The summed E-state index contributed by atoms with van der Waals surface area (Å²) >= 11 is 0. The fourth-order valence-corrected chi connectivity index (χ4v) is 3.53. The van der Waals surface area contributed by atoms with E-state index in [4.69, 9.17) is 5.73 Å². The van der Waals surface area contributed by atoms with Crippen molar-refractivity contribution in [2.24, 2.45) is 11.7 Å². The third kappa shape index (κ3) is 4.76. The summed E-state index contributed by atoms with van der Waals surface area (Å²) in [4.78, 5) is 54.0. The maximum Gasteiger partial charge on any atom is 0.326 e. The number of para-hydroxylation sites is 2. The number of hydrogen-bond acceptors (Lipinski definition) is 5. The molecule has 1 aliphatic rings. The quantitative estimate of drug-likeness (QED) is 0.475. The molecule has 11 nitrogen and oxygen atoms in total. The number of carboxylic acid groups (broad SMARTS) is 1. The fraction of sp³-hybridized carbons (Fsp3) is 0.450. The van der Waals surface area contributed by atoms with Gasteiger partial charge in [-0.3, -0.25) is 14.5 Å². The number of urea groups is 1. The topological polar surface area (TPSA) is 160 Å². The zero-order chi connectivity index (χ0) is 22.7. The molecule has 0 saturated carbocycles. The van der Waals surface area contributed by atoms with E-state index >= 15 is 0 Å². The highest BCUT2D eigenvalue weighted by molar-refractivity contribution is 5.97. The Morgan fingerprint density at radius 3 is 2.52 bits per heavy atom. The number of aromatic nitrogens is 2. The Bertz CT molecular complexity index is 1020. The van der Waals surface area contributed by atoms with Gasteiger partial charge in [0, 0.05) is 19.5 Å². The van der Waals surface area contributed by atoms with Crippen molar-refractivity contribution in [2.75, 3.05) is 11.4 Å². The van der Waals surface area contributed by atoms with Gasteiger partial charge in [0.15, 0.2) is 0 Å². The molecule has 2 heterocycles. The molecular weight excluding hydrogens is 404 g/mol. The number of benzene rings is 1. The van der Waals surface area contributed by atoms with Crippen LogP contribution in [0.15, 0.2) is 24.3 Å². The number of carbonyl (C=O) groups excluding carboxylic acids is 3. The predicted octanol–water partition coefficient (Wildman–Crippen LogP) is 0.425. The zero-order valence-corrected chi connectivity index (χ0v) is 17.4. The van der Waals surface area contributed by atoms with Gasteiger partial charge in [0.2, 0.25) is 17.8 Å². The number of carbonyl (C=O) groups is 4. The smallest absolute Gasteiger partial charge is 0.326 e. The summed E-state index contributed by atoms with van der Waals surface area (Å²) in [5.41, 5.74) is 6.76. The van der Waals surface area contributed by atoms with Crippen LogP contribution in [0.2, 0.25) is 0 Å². The van der Waals surface area contributed by atoms with E-state index in [0.717, 1.165) is 11.0 Å². The summed E-state index contributed by atoms with van der Waals surface area (Å²) in [5.74, 6) is -2.40. The second-order valence-electron chi connectivity index (χ2n) is 7.78. The number of fused-ring (bicyclic) bond motifs is 3. The molecule has 0 bridgehead atoms. The largest absolute Gasteiger partial charge is 0.480 e. The highest BCUT2D eigenvalue weighted by Crippen LogP contribution is 2.27. The molecule has 1 aliphatic heterocycles. The van der Waals surface area contributed by atoms with Crippen LogP contribution in [0.3, 0.4) is 0 Å². The SMILES string of the molecule is CC(C)C(NC(=O)N1CCn2c1nc1ccccc12)C(=O)NC(CCC(N)=O)C(=O)O. The van der Waals surface area contributed by atoms with Gasteiger partial charge in [0.1, 0.15) is 12.1 Å². The van der Waals surface area contributed by atoms with Gasteiger partial charge in [-0.05, 0) is 24.5 Å². The molecule has 31 heavy (non-hydrogen) atoms. The van der Waals surface area contributed by atoms with E-state index in [1.54, 1.807) is 13.8 Å². The minimum atomic E-state index is -1.28. The lowest BCUT2D eigenvalue weighted by Crippen LogP contribution is -2.56.